The highest BCUT2D eigenvalue weighted by Gasteiger charge is 2.16. The fraction of sp³-hybridized carbons (Fsp3) is 0.125. The van der Waals surface area contributed by atoms with Crippen LogP contribution >= 0.6 is 0 Å². The van der Waals surface area contributed by atoms with Gasteiger partial charge in [0.1, 0.15) is 5.75 Å². The minimum Gasteiger partial charge on any atom is -0.496 e. The lowest BCUT2D eigenvalue weighted by Crippen LogP contribution is -2.14. The van der Waals surface area contributed by atoms with Gasteiger partial charge in [-0.25, -0.2) is 0 Å². The number of hydrogen-bond acceptors (Lipinski definition) is 5. The van der Waals surface area contributed by atoms with Gasteiger partial charge in [0.15, 0.2) is 0 Å². The maximum Gasteiger partial charge on any atom is 0.270 e. The number of nitrogens with zero attached hydrogens (tertiary/aromatic N) is 4. The van der Waals surface area contributed by atoms with Crippen LogP contribution in [0.1, 0.15) is 10.4 Å². The van der Waals surface area contributed by atoms with Crippen LogP contribution in [0.25, 0.3) is 10.8 Å². The summed E-state index contributed by atoms with van der Waals surface area (Å²) in [6.45, 7) is 4.01. The second-order valence-corrected chi connectivity index (χ2v) is 4.81. The quantitative estimate of drug-likeness (QED) is 0.731. The van der Waals surface area contributed by atoms with Crippen molar-refractivity contribution in [1.29, 1.82) is 0 Å². The summed E-state index contributed by atoms with van der Waals surface area (Å²) in [4.78, 5) is 13.8. The Balaban J connectivity index is 1.91. The first-order valence-electron chi connectivity index (χ1n) is 6.98. The smallest absolute Gasteiger partial charge is 0.270 e. The predicted octanol–water partition coefficient (Wildman–Crippen LogP) is 2.27. The van der Waals surface area contributed by atoms with E-state index in [0.29, 0.717) is 17.9 Å². The van der Waals surface area contributed by atoms with Crippen molar-refractivity contribution in [1.82, 2.24) is 20.2 Å². The average molecular weight is 309 g/mol. The molecule has 0 atom stereocenters. The Hall–Kier alpha value is -3.22. The van der Waals surface area contributed by atoms with Gasteiger partial charge < -0.3 is 4.74 Å². The van der Waals surface area contributed by atoms with Crippen LogP contribution in [0.3, 0.4) is 0 Å². The van der Waals surface area contributed by atoms with Crippen LogP contribution in [-0.4, -0.2) is 33.2 Å². The summed E-state index contributed by atoms with van der Waals surface area (Å²) < 4.78 is 5.32. The first kappa shape index (κ1) is 14.7. The Morgan fingerprint density at radius 3 is 2.78 bits per heavy atom. The van der Waals surface area contributed by atoms with Crippen LogP contribution in [0.4, 0.5) is 5.95 Å². The van der Waals surface area contributed by atoms with E-state index >= 15 is 0 Å². The lowest BCUT2D eigenvalue weighted by molar-refractivity contribution is 0.102. The van der Waals surface area contributed by atoms with E-state index in [-0.39, 0.29) is 11.9 Å². The number of carbonyl (C=O) groups excluding carboxylic acids is 1. The highest BCUT2D eigenvalue weighted by molar-refractivity contribution is 6.08. The Morgan fingerprint density at radius 2 is 2.09 bits per heavy atom. The molecule has 0 spiro atoms. The first-order valence-corrected chi connectivity index (χ1v) is 6.98. The molecule has 116 valence electrons. The minimum absolute atomic E-state index is 0.132. The zero-order valence-corrected chi connectivity index (χ0v) is 12.6. The fourth-order valence-corrected chi connectivity index (χ4v) is 2.22. The molecule has 0 unspecified atom stereocenters. The van der Waals surface area contributed by atoms with Crippen molar-refractivity contribution < 1.29 is 9.53 Å². The summed E-state index contributed by atoms with van der Waals surface area (Å²) >= 11 is 0. The number of rotatable bonds is 5. The van der Waals surface area contributed by atoms with Gasteiger partial charge in [0, 0.05) is 0 Å². The molecule has 0 bridgehead atoms. The number of amides is 1. The molecule has 0 aliphatic heterocycles. The molecule has 0 aliphatic carbocycles. The monoisotopic (exact) mass is 309 g/mol. The Morgan fingerprint density at radius 1 is 1.35 bits per heavy atom. The summed E-state index contributed by atoms with van der Waals surface area (Å²) in [5.41, 5.74) is 0.409. The number of ether oxygens (including phenoxy) is 1. The number of fused-ring (bicyclic) bond motifs is 1. The Kier molecular flexibility index (Phi) is 4.01. The molecule has 23 heavy (non-hydrogen) atoms. The van der Waals surface area contributed by atoms with Gasteiger partial charge in [0.05, 0.1) is 19.2 Å². The second kappa shape index (κ2) is 6.27. The van der Waals surface area contributed by atoms with E-state index in [2.05, 4.69) is 27.3 Å². The average Bonchev–Trinajstić information content (AvgIpc) is 3.01. The van der Waals surface area contributed by atoms with Crippen molar-refractivity contribution >= 4 is 22.6 Å². The van der Waals surface area contributed by atoms with E-state index in [1.807, 2.05) is 30.3 Å². The highest BCUT2D eigenvalue weighted by Crippen LogP contribution is 2.26. The minimum atomic E-state index is -0.356. The van der Waals surface area contributed by atoms with Gasteiger partial charge in [-0.15, -0.1) is 11.7 Å². The molecule has 7 heteroatoms. The molecule has 1 N–H and O–H groups in total. The number of tetrazole rings is 1. The van der Waals surface area contributed by atoms with Crippen molar-refractivity contribution in [3.8, 4) is 5.75 Å². The van der Waals surface area contributed by atoms with Gasteiger partial charge in [0.25, 0.3) is 11.9 Å². The van der Waals surface area contributed by atoms with E-state index in [9.17, 15) is 4.79 Å². The predicted molar refractivity (Wildman–Crippen MR) is 86.5 cm³/mol. The molecular formula is C16H15N5O2. The maximum absolute atomic E-state index is 12.5. The van der Waals surface area contributed by atoms with Crippen LogP contribution in [0, 0.1) is 0 Å². The number of methoxy groups -OCH3 is 1. The summed E-state index contributed by atoms with van der Waals surface area (Å²) in [6.07, 6.45) is 1.64. The molecule has 7 nitrogen and oxygen atoms in total. The number of allylic oxidation sites excluding steroid dienone is 1. The molecule has 0 saturated heterocycles. The number of anilines is 1. The third-order valence-corrected chi connectivity index (χ3v) is 3.28. The van der Waals surface area contributed by atoms with E-state index in [1.165, 1.54) is 11.9 Å². The van der Waals surface area contributed by atoms with Crippen molar-refractivity contribution in [2.24, 2.45) is 0 Å². The van der Waals surface area contributed by atoms with E-state index in [0.717, 1.165) is 10.8 Å². The van der Waals surface area contributed by atoms with Crippen LogP contribution in [0.2, 0.25) is 0 Å². The lowest BCUT2D eigenvalue weighted by atomic mass is 10.1. The summed E-state index contributed by atoms with van der Waals surface area (Å²) in [7, 11) is 1.53. The molecular weight excluding hydrogens is 294 g/mol. The van der Waals surface area contributed by atoms with Gasteiger partial charge in [-0.1, -0.05) is 35.4 Å². The van der Waals surface area contributed by atoms with Gasteiger partial charge in [-0.3, -0.25) is 10.1 Å². The van der Waals surface area contributed by atoms with E-state index in [4.69, 9.17) is 4.74 Å². The number of nitrogens with one attached hydrogen (secondary N) is 1. The third-order valence-electron chi connectivity index (χ3n) is 3.28. The zero-order chi connectivity index (χ0) is 16.2. The van der Waals surface area contributed by atoms with Crippen molar-refractivity contribution in [3.63, 3.8) is 0 Å². The second-order valence-electron chi connectivity index (χ2n) is 4.81. The lowest BCUT2D eigenvalue weighted by Gasteiger charge is -2.09. The maximum atomic E-state index is 12.5. The normalized spacial score (nSPS) is 10.5. The number of hydrogen-bond donors (Lipinski definition) is 1. The van der Waals surface area contributed by atoms with Gasteiger partial charge in [-0.2, -0.15) is 4.80 Å². The highest BCUT2D eigenvalue weighted by atomic mass is 16.5. The van der Waals surface area contributed by atoms with E-state index in [1.54, 1.807) is 12.1 Å². The fourth-order valence-electron chi connectivity index (χ4n) is 2.22. The molecule has 3 rings (SSSR count). The van der Waals surface area contributed by atoms with Gasteiger partial charge >= 0.3 is 0 Å². The molecule has 1 aromatic heterocycles. The molecule has 1 amide bonds. The van der Waals surface area contributed by atoms with Gasteiger partial charge in [-0.05, 0) is 28.1 Å². The number of carbonyl (C=O) groups is 1. The summed E-state index contributed by atoms with van der Waals surface area (Å²) in [6, 6.07) is 11.3. The van der Waals surface area contributed by atoms with E-state index < -0.39 is 0 Å². The van der Waals surface area contributed by atoms with Crippen LogP contribution < -0.4 is 10.1 Å². The molecule has 0 fully saturated rings. The Bertz CT molecular complexity index is 872. The summed E-state index contributed by atoms with van der Waals surface area (Å²) in [5.74, 6) is 0.262. The first-order chi connectivity index (χ1) is 11.2. The summed E-state index contributed by atoms with van der Waals surface area (Å²) in [5, 5.41) is 16.2. The van der Waals surface area contributed by atoms with Crippen molar-refractivity contribution in [2.45, 2.75) is 6.54 Å². The van der Waals surface area contributed by atoms with Crippen molar-refractivity contribution in [3.05, 3.63) is 54.6 Å². The van der Waals surface area contributed by atoms with Crippen LogP contribution in [0.5, 0.6) is 5.75 Å². The van der Waals surface area contributed by atoms with Crippen molar-refractivity contribution in [2.75, 3.05) is 12.4 Å². The molecule has 0 saturated carbocycles. The third kappa shape index (κ3) is 3.03. The molecule has 3 aromatic rings. The Labute approximate surface area is 132 Å². The zero-order valence-electron chi connectivity index (χ0n) is 12.6. The topological polar surface area (TPSA) is 81.9 Å². The molecule has 0 aliphatic rings. The number of aromatic nitrogens is 4. The van der Waals surface area contributed by atoms with Crippen LogP contribution in [0.15, 0.2) is 49.1 Å². The largest absolute Gasteiger partial charge is 0.496 e. The van der Waals surface area contributed by atoms with Gasteiger partial charge in [0.2, 0.25) is 0 Å². The SMILES string of the molecule is C=CCn1nnc(NC(=O)c2cc3ccccc3cc2OC)n1. The molecule has 0 radical (unpaired) electrons. The van der Waals surface area contributed by atoms with Crippen LogP contribution in [-0.2, 0) is 6.54 Å². The molecule has 1 heterocycles. The molecule has 2 aromatic carbocycles. The standard InChI is InChI=1S/C16H15N5O2/c1-3-8-21-19-16(18-20-21)17-15(22)13-9-11-6-4-5-7-12(11)10-14(13)23-2/h3-7,9-10H,1,8H2,2H3,(H,17,19,22). The number of benzene rings is 2.